The number of halogens is 2. The molecule has 1 N–H and O–H groups in total. The first-order valence-electron chi connectivity index (χ1n) is 4.84. The van der Waals surface area contributed by atoms with Gasteiger partial charge in [0.25, 0.3) is 0 Å². The quantitative estimate of drug-likeness (QED) is 0.821. The summed E-state index contributed by atoms with van der Waals surface area (Å²) in [5.41, 5.74) is 1.01. The minimum atomic E-state index is -0.878. The van der Waals surface area contributed by atoms with Crippen LogP contribution in [0.1, 0.15) is 5.56 Å². The van der Waals surface area contributed by atoms with E-state index in [0.29, 0.717) is 13.1 Å². The maximum atomic E-state index is 10.7. The number of hydrogen-bond acceptors (Lipinski definition) is 2. The van der Waals surface area contributed by atoms with E-state index in [2.05, 4.69) is 37.8 Å². The van der Waals surface area contributed by atoms with Gasteiger partial charge in [0.15, 0.2) is 0 Å². The predicted octanol–water partition coefficient (Wildman–Crippen LogP) is 2.73. The lowest BCUT2D eigenvalue weighted by molar-refractivity contribution is -0.138. The highest BCUT2D eigenvalue weighted by Gasteiger charge is 2.09. The minimum absolute atomic E-state index is 0.0577. The standard InChI is InChI=1S/C12H11Br2NO2/c1-2-5-15(8-12(16)17)7-9-3-4-10(13)11(14)6-9/h1,3-4,6H,5,7-8H2,(H,16,17). The highest BCUT2D eigenvalue weighted by Crippen LogP contribution is 2.24. The lowest BCUT2D eigenvalue weighted by atomic mass is 10.2. The molecule has 5 heteroatoms. The Hall–Kier alpha value is -0.830. The van der Waals surface area contributed by atoms with E-state index in [4.69, 9.17) is 11.5 Å². The Morgan fingerprint density at radius 1 is 1.41 bits per heavy atom. The maximum Gasteiger partial charge on any atom is 0.317 e. The summed E-state index contributed by atoms with van der Waals surface area (Å²) >= 11 is 6.78. The van der Waals surface area contributed by atoms with Crippen LogP contribution in [0, 0.1) is 12.3 Å². The van der Waals surface area contributed by atoms with E-state index in [1.54, 1.807) is 4.90 Å². The normalized spacial score (nSPS) is 10.2. The highest BCUT2D eigenvalue weighted by molar-refractivity contribution is 9.13. The molecule has 0 fully saturated rings. The Kier molecular flexibility index (Phi) is 5.69. The Morgan fingerprint density at radius 2 is 2.12 bits per heavy atom. The molecule has 1 rings (SSSR count). The van der Waals surface area contributed by atoms with Crippen molar-refractivity contribution in [1.82, 2.24) is 4.90 Å². The molecule has 0 aliphatic rings. The van der Waals surface area contributed by atoms with Gasteiger partial charge >= 0.3 is 5.97 Å². The summed E-state index contributed by atoms with van der Waals surface area (Å²) in [6, 6.07) is 5.78. The first-order chi connectivity index (χ1) is 8.02. The second-order valence-electron chi connectivity index (χ2n) is 3.49. The van der Waals surface area contributed by atoms with Crippen LogP contribution < -0.4 is 0 Å². The van der Waals surface area contributed by atoms with Crippen LogP contribution in [0.3, 0.4) is 0 Å². The minimum Gasteiger partial charge on any atom is -0.480 e. The Labute approximate surface area is 117 Å². The van der Waals surface area contributed by atoms with Gasteiger partial charge < -0.3 is 5.11 Å². The first-order valence-corrected chi connectivity index (χ1v) is 6.43. The molecule has 0 atom stereocenters. The van der Waals surface area contributed by atoms with Gasteiger partial charge in [0.2, 0.25) is 0 Å². The van der Waals surface area contributed by atoms with Crippen molar-refractivity contribution in [3.8, 4) is 12.3 Å². The van der Waals surface area contributed by atoms with Crippen molar-refractivity contribution in [2.75, 3.05) is 13.1 Å². The molecule has 0 aliphatic heterocycles. The molecule has 0 heterocycles. The van der Waals surface area contributed by atoms with Crippen molar-refractivity contribution in [3.05, 3.63) is 32.7 Å². The van der Waals surface area contributed by atoms with Gasteiger partial charge in [0.05, 0.1) is 13.1 Å². The number of carbonyl (C=O) groups is 1. The van der Waals surface area contributed by atoms with Crippen molar-refractivity contribution in [2.24, 2.45) is 0 Å². The fourth-order valence-corrected chi connectivity index (χ4v) is 2.06. The number of benzene rings is 1. The second kappa shape index (κ2) is 6.80. The van der Waals surface area contributed by atoms with E-state index in [1.165, 1.54) is 0 Å². The Balaban J connectivity index is 2.75. The van der Waals surface area contributed by atoms with Crippen molar-refractivity contribution < 1.29 is 9.90 Å². The molecule has 90 valence electrons. The molecule has 0 aromatic heterocycles. The third kappa shape index (κ3) is 4.90. The average Bonchev–Trinajstić information content (AvgIpc) is 2.23. The lowest BCUT2D eigenvalue weighted by Gasteiger charge is -2.17. The monoisotopic (exact) mass is 359 g/mol. The summed E-state index contributed by atoms with van der Waals surface area (Å²) in [6.45, 7) is 0.778. The van der Waals surface area contributed by atoms with Crippen molar-refractivity contribution in [1.29, 1.82) is 0 Å². The van der Waals surface area contributed by atoms with E-state index in [1.807, 2.05) is 18.2 Å². The molecule has 0 spiro atoms. The van der Waals surface area contributed by atoms with Crippen molar-refractivity contribution in [2.45, 2.75) is 6.54 Å². The third-order valence-electron chi connectivity index (χ3n) is 2.06. The summed E-state index contributed by atoms with van der Waals surface area (Å²) in [4.78, 5) is 12.4. The SMILES string of the molecule is C#CCN(CC(=O)O)Cc1ccc(Br)c(Br)c1. The molecule has 0 saturated carbocycles. The van der Waals surface area contributed by atoms with E-state index >= 15 is 0 Å². The summed E-state index contributed by atoms with van der Waals surface area (Å²) in [5.74, 6) is 1.58. The molecule has 0 amide bonds. The first kappa shape index (κ1) is 14.2. The number of rotatable bonds is 5. The van der Waals surface area contributed by atoms with Crippen LogP contribution in [0.2, 0.25) is 0 Å². The zero-order valence-corrected chi connectivity index (χ0v) is 12.2. The summed E-state index contributed by atoms with van der Waals surface area (Å²) in [7, 11) is 0. The zero-order chi connectivity index (χ0) is 12.8. The molecule has 3 nitrogen and oxygen atoms in total. The van der Waals surface area contributed by atoms with Crippen LogP contribution in [-0.4, -0.2) is 29.1 Å². The van der Waals surface area contributed by atoms with Gasteiger partial charge in [0.1, 0.15) is 0 Å². The fraction of sp³-hybridized carbons (Fsp3) is 0.250. The Morgan fingerprint density at radius 3 is 2.65 bits per heavy atom. The van der Waals surface area contributed by atoms with Gasteiger partial charge in [-0.15, -0.1) is 6.42 Å². The molecular formula is C12H11Br2NO2. The second-order valence-corrected chi connectivity index (χ2v) is 5.20. The smallest absolute Gasteiger partial charge is 0.317 e. The van der Waals surface area contributed by atoms with Gasteiger partial charge in [-0.25, -0.2) is 0 Å². The molecule has 1 aromatic carbocycles. The maximum absolute atomic E-state index is 10.7. The van der Waals surface area contributed by atoms with Gasteiger partial charge in [-0.2, -0.15) is 0 Å². The molecule has 0 radical (unpaired) electrons. The lowest BCUT2D eigenvalue weighted by Crippen LogP contribution is -2.29. The van der Waals surface area contributed by atoms with Crippen LogP contribution in [0.4, 0.5) is 0 Å². The number of carboxylic acids is 1. The number of aliphatic carboxylic acids is 1. The van der Waals surface area contributed by atoms with E-state index in [-0.39, 0.29) is 6.54 Å². The Bertz CT molecular complexity index is 454. The topological polar surface area (TPSA) is 40.5 Å². The van der Waals surface area contributed by atoms with Gasteiger partial charge in [-0.3, -0.25) is 9.69 Å². The summed E-state index contributed by atoms with van der Waals surface area (Å²) in [6.07, 6.45) is 5.21. The molecule has 0 bridgehead atoms. The van der Waals surface area contributed by atoms with E-state index in [9.17, 15) is 4.79 Å². The van der Waals surface area contributed by atoms with E-state index in [0.717, 1.165) is 14.5 Å². The van der Waals surface area contributed by atoms with Gasteiger partial charge in [0, 0.05) is 15.5 Å². The summed E-state index contributed by atoms with van der Waals surface area (Å²) < 4.78 is 1.90. The number of terminal acetylenes is 1. The molecule has 0 saturated heterocycles. The molecular weight excluding hydrogens is 350 g/mol. The van der Waals surface area contributed by atoms with Crippen molar-refractivity contribution in [3.63, 3.8) is 0 Å². The van der Waals surface area contributed by atoms with Gasteiger partial charge in [-0.05, 0) is 49.6 Å². The number of hydrogen-bond donors (Lipinski definition) is 1. The predicted molar refractivity (Wildman–Crippen MR) is 73.6 cm³/mol. The summed E-state index contributed by atoms with van der Waals surface area (Å²) in [5, 5.41) is 8.76. The largest absolute Gasteiger partial charge is 0.480 e. The average molecular weight is 361 g/mol. The number of nitrogens with zero attached hydrogens (tertiary/aromatic N) is 1. The van der Waals surface area contributed by atoms with Crippen LogP contribution in [0.15, 0.2) is 27.1 Å². The van der Waals surface area contributed by atoms with Crippen LogP contribution in [-0.2, 0) is 11.3 Å². The van der Waals surface area contributed by atoms with Crippen LogP contribution in [0.25, 0.3) is 0 Å². The zero-order valence-electron chi connectivity index (χ0n) is 8.99. The van der Waals surface area contributed by atoms with Crippen LogP contribution in [0.5, 0.6) is 0 Å². The highest BCUT2D eigenvalue weighted by atomic mass is 79.9. The van der Waals surface area contributed by atoms with Gasteiger partial charge in [-0.1, -0.05) is 12.0 Å². The van der Waals surface area contributed by atoms with Crippen LogP contribution >= 0.6 is 31.9 Å². The third-order valence-corrected chi connectivity index (χ3v) is 3.94. The van der Waals surface area contributed by atoms with Crippen molar-refractivity contribution >= 4 is 37.8 Å². The molecule has 0 unspecified atom stereocenters. The molecule has 17 heavy (non-hydrogen) atoms. The van der Waals surface area contributed by atoms with E-state index < -0.39 is 5.97 Å². The fourth-order valence-electron chi connectivity index (χ4n) is 1.38. The number of carboxylic acid groups (broad SMARTS) is 1. The molecule has 1 aromatic rings. The molecule has 0 aliphatic carbocycles.